The van der Waals surface area contributed by atoms with E-state index in [1.54, 1.807) is 0 Å². The summed E-state index contributed by atoms with van der Waals surface area (Å²) in [6.45, 7) is 13.1. The molecule has 0 amide bonds. The third-order valence-corrected chi connectivity index (χ3v) is 13.6. The molecule has 0 aromatic carbocycles. The number of esters is 2. The highest BCUT2D eigenvalue weighted by atomic mass is 28.3. The first-order valence-corrected chi connectivity index (χ1v) is 16.0. The van der Waals surface area contributed by atoms with Crippen LogP contribution >= 0.6 is 0 Å². The van der Waals surface area contributed by atoms with Crippen molar-refractivity contribution in [2.45, 2.75) is 68.6 Å². The molecule has 2 bridgehead atoms. The first-order chi connectivity index (χ1) is 10.9. The number of cyclic esters (lactones) is 2. The van der Waals surface area contributed by atoms with Gasteiger partial charge in [-0.05, 0) is 19.3 Å². The van der Waals surface area contributed by atoms with Gasteiger partial charge in [-0.3, -0.25) is 14.4 Å². The third-order valence-electron chi connectivity index (χ3n) is 7.23. The van der Waals surface area contributed by atoms with Gasteiger partial charge in [-0.25, -0.2) is 0 Å². The maximum absolute atomic E-state index is 14.1. The highest BCUT2D eigenvalue weighted by molar-refractivity contribution is 6.90. The molecular weight excluding hydrogens is 336 g/mol. The second-order valence-electron chi connectivity index (χ2n) is 9.95. The molecule has 4 atom stereocenters. The average molecular weight is 363 g/mol. The molecule has 4 nitrogen and oxygen atoms in total. The number of carbonyl (C=O) groups excluding carboxylic acids is 3. The van der Waals surface area contributed by atoms with Crippen molar-refractivity contribution >= 4 is 33.9 Å². The summed E-state index contributed by atoms with van der Waals surface area (Å²) in [5.41, 5.74) is 2.50. The molecule has 0 radical (unpaired) electrons. The zero-order chi connectivity index (χ0) is 17.9. The lowest BCUT2D eigenvalue weighted by Gasteiger charge is -2.43. The van der Waals surface area contributed by atoms with E-state index in [4.69, 9.17) is 4.74 Å². The van der Waals surface area contributed by atoms with E-state index < -0.39 is 50.0 Å². The van der Waals surface area contributed by atoms with Gasteiger partial charge in [0.25, 0.3) is 0 Å². The number of rotatable bonds is 2. The van der Waals surface area contributed by atoms with Gasteiger partial charge in [-0.2, -0.15) is 0 Å². The van der Waals surface area contributed by atoms with Crippen LogP contribution in [0.3, 0.4) is 0 Å². The molecule has 4 aliphatic rings. The van der Waals surface area contributed by atoms with Crippen molar-refractivity contribution in [1.29, 1.82) is 0 Å². The second kappa shape index (κ2) is 4.20. The predicted molar refractivity (Wildman–Crippen MR) is 96.0 cm³/mol. The van der Waals surface area contributed by atoms with Crippen molar-refractivity contribution in [3.8, 4) is 0 Å². The molecule has 0 aromatic heterocycles. The Labute approximate surface area is 145 Å². The monoisotopic (exact) mass is 362 g/mol. The standard InChI is InChI=1S/C18H26O4Si2/c1-23(2,3)17-10-8-7-9-11(10)18(16(17)21,24(4,5)6)13-12(17)14(19)22-15(13)20/h12-13H,7-9H2,1-6H3/t12-,13+,17-,18+. The van der Waals surface area contributed by atoms with E-state index in [0.717, 1.165) is 19.3 Å². The highest BCUT2D eigenvalue weighted by Crippen LogP contribution is 2.83. The summed E-state index contributed by atoms with van der Waals surface area (Å²) in [5.74, 6) is -1.72. The third kappa shape index (κ3) is 1.34. The molecule has 0 aromatic rings. The zero-order valence-electron chi connectivity index (χ0n) is 15.4. The van der Waals surface area contributed by atoms with Gasteiger partial charge in [0.15, 0.2) is 0 Å². The first-order valence-electron chi connectivity index (χ1n) is 8.97. The van der Waals surface area contributed by atoms with Crippen molar-refractivity contribution in [2.75, 3.05) is 0 Å². The van der Waals surface area contributed by atoms with Crippen LogP contribution in [-0.2, 0) is 19.1 Å². The van der Waals surface area contributed by atoms with E-state index in [9.17, 15) is 14.4 Å². The average Bonchev–Trinajstić information content (AvgIpc) is 3.08. The minimum absolute atomic E-state index is 0.234. The molecule has 0 N–H and O–H groups in total. The van der Waals surface area contributed by atoms with Gasteiger partial charge in [0.05, 0.1) is 38.1 Å². The summed E-state index contributed by atoms with van der Waals surface area (Å²) >= 11 is 0. The fourth-order valence-corrected chi connectivity index (χ4v) is 13.4. The number of allylic oxidation sites excluding steroid dienone is 2. The molecule has 2 fully saturated rings. The quantitative estimate of drug-likeness (QED) is 0.326. The Bertz CT molecular complexity index is 681. The maximum atomic E-state index is 14.1. The van der Waals surface area contributed by atoms with Crippen LogP contribution in [0.25, 0.3) is 0 Å². The number of carbonyl (C=O) groups is 3. The molecule has 24 heavy (non-hydrogen) atoms. The SMILES string of the molecule is C[Si](C)(C)[C@@]12C(=O)[C@@]([Si](C)(C)C)(C3=C1CCC3)[C@H]1C(=O)OC(=O)[C@H]12. The number of Topliss-reactive ketones (excluding diaryl/α,β-unsaturated/α-hetero) is 1. The normalized spacial score (nSPS) is 41.2. The smallest absolute Gasteiger partial charge is 0.318 e. The highest BCUT2D eigenvalue weighted by Gasteiger charge is 2.85. The molecule has 6 heteroatoms. The minimum Gasteiger partial charge on any atom is -0.393 e. The largest absolute Gasteiger partial charge is 0.393 e. The number of fused-ring (bicyclic) bond motifs is 7. The van der Waals surface area contributed by atoms with E-state index >= 15 is 0 Å². The Balaban J connectivity index is 2.15. The first kappa shape index (κ1) is 16.5. The fourth-order valence-electron chi connectivity index (χ4n) is 6.73. The number of hydrogen-bond acceptors (Lipinski definition) is 4. The van der Waals surface area contributed by atoms with Crippen LogP contribution in [0.15, 0.2) is 11.1 Å². The number of hydrogen-bond donors (Lipinski definition) is 0. The van der Waals surface area contributed by atoms with Gasteiger partial charge in [0.2, 0.25) is 0 Å². The Kier molecular flexibility index (Phi) is 2.88. The van der Waals surface area contributed by atoms with Crippen LogP contribution in [0.4, 0.5) is 0 Å². The van der Waals surface area contributed by atoms with Crippen molar-refractivity contribution in [3.05, 3.63) is 11.1 Å². The van der Waals surface area contributed by atoms with E-state index in [1.165, 1.54) is 11.1 Å². The van der Waals surface area contributed by atoms with Crippen LogP contribution in [0.1, 0.15) is 19.3 Å². The Morgan fingerprint density at radius 1 is 0.792 bits per heavy atom. The van der Waals surface area contributed by atoms with E-state index in [2.05, 4.69) is 39.3 Å². The van der Waals surface area contributed by atoms with Gasteiger partial charge in [0, 0.05) is 0 Å². The van der Waals surface area contributed by atoms with E-state index in [1.807, 2.05) is 0 Å². The van der Waals surface area contributed by atoms with Gasteiger partial charge in [-0.1, -0.05) is 50.4 Å². The van der Waals surface area contributed by atoms with Crippen LogP contribution < -0.4 is 0 Å². The van der Waals surface area contributed by atoms with Crippen molar-refractivity contribution < 1.29 is 19.1 Å². The van der Waals surface area contributed by atoms with Crippen LogP contribution in [0, 0.1) is 11.8 Å². The summed E-state index contributed by atoms with van der Waals surface area (Å²) in [5, 5.41) is -1.40. The van der Waals surface area contributed by atoms with Gasteiger partial charge < -0.3 is 4.74 Å². The minimum atomic E-state index is -2.10. The maximum Gasteiger partial charge on any atom is 0.318 e. The summed E-state index contributed by atoms with van der Waals surface area (Å²) in [6, 6.07) is 0. The summed E-state index contributed by atoms with van der Waals surface area (Å²) in [4.78, 5) is 39.6. The summed E-state index contributed by atoms with van der Waals surface area (Å²) in [6.07, 6.45) is 2.89. The van der Waals surface area contributed by atoms with Gasteiger partial charge >= 0.3 is 11.9 Å². The van der Waals surface area contributed by atoms with Gasteiger partial charge in [0.1, 0.15) is 5.78 Å². The molecular formula is C18H26O4Si2. The lowest BCUT2D eigenvalue weighted by molar-refractivity contribution is -0.155. The van der Waals surface area contributed by atoms with Crippen LogP contribution in [0.2, 0.25) is 49.4 Å². The Morgan fingerprint density at radius 2 is 1.17 bits per heavy atom. The fraction of sp³-hybridized carbons (Fsp3) is 0.722. The van der Waals surface area contributed by atoms with E-state index in [0.29, 0.717) is 0 Å². The summed E-state index contributed by atoms with van der Waals surface area (Å²) in [7, 11) is -4.21. The van der Waals surface area contributed by atoms with Crippen LogP contribution in [0.5, 0.6) is 0 Å². The number of ether oxygens (including phenoxy) is 1. The predicted octanol–water partition coefficient (Wildman–Crippen LogP) is 3.54. The lowest BCUT2D eigenvalue weighted by Crippen LogP contribution is -2.50. The molecule has 1 saturated carbocycles. The second-order valence-corrected chi connectivity index (χ2v) is 20.5. The molecule has 3 aliphatic carbocycles. The molecule has 4 rings (SSSR count). The van der Waals surface area contributed by atoms with Gasteiger partial charge in [-0.15, -0.1) is 0 Å². The zero-order valence-corrected chi connectivity index (χ0v) is 17.4. The molecule has 130 valence electrons. The topological polar surface area (TPSA) is 60.4 Å². The molecule has 1 heterocycles. The van der Waals surface area contributed by atoms with E-state index in [-0.39, 0.29) is 5.78 Å². The molecule has 0 unspecified atom stereocenters. The molecule has 0 spiro atoms. The Morgan fingerprint density at radius 3 is 1.50 bits per heavy atom. The van der Waals surface area contributed by atoms with Crippen molar-refractivity contribution in [2.24, 2.45) is 11.8 Å². The molecule has 1 saturated heterocycles. The lowest BCUT2D eigenvalue weighted by atomic mass is 9.77. The van der Waals surface area contributed by atoms with Crippen molar-refractivity contribution in [1.82, 2.24) is 0 Å². The summed E-state index contributed by atoms with van der Waals surface area (Å²) < 4.78 is 5.15. The Hall–Kier alpha value is -1.02. The van der Waals surface area contributed by atoms with Crippen LogP contribution in [-0.4, -0.2) is 33.9 Å². The van der Waals surface area contributed by atoms with Crippen molar-refractivity contribution in [3.63, 3.8) is 0 Å². The number of ketones is 1. The molecule has 1 aliphatic heterocycles.